The first-order valence-corrected chi connectivity index (χ1v) is 11.9. The molecule has 0 spiro atoms. The molecular formula is C23H30N4O5S. The third-order valence-electron chi connectivity index (χ3n) is 5.67. The lowest BCUT2D eigenvalue weighted by atomic mass is 9.98. The number of methoxy groups -OCH3 is 1. The lowest BCUT2D eigenvalue weighted by molar-refractivity contribution is -0.131. The van der Waals surface area contributed by atoms with Gasteiger partial charge in [-0.3, -0.25) is 14.9 Å². The molecule has 33 heavy (non-hydrogen) atoms. The predicted octanol–water partition coefficient (Wildman–Crippen LogP) is 3.31. The van der Waals surface area contributed by atoms with Gasteiger partial charge in [0.05, 0.1) is 20.3 Å². The topological polar surface area (TPSA) is 103 Å². The van der Waals surface area contributed by atoms with E-state index in [4.69, 9.17) is 14.2 Å². The lowest BCUT2D eigenvalue weighted by Gasteiger charge is -2.19. The Bertz CT molecular complexity index is 1010. The highest BCUT2D eigenvalue weighted by Gasteiger charge is 2.33. The predicted molar refractivity (Wildman–Crippen MR) is 124 cm³/mol. The van der Waals surface area contributed by atoms with Gasteiger partial charge >= 0.3 is 0 Å². The molecule has 0 bridgehead atoms. The van der Waals surface area contributed by atoms with Crippen molar-refractivity contribution in [2.75, 3.05) is 32.1 Å². The standard InChI is InChI=1S/C23H30N4O5S/c1-23(2,3)21-25-26-22(33-21)24-18(28)13-27-12-15(11-19(27)29)14-7-8-16(30-4)17(10-14)32-20-6-5-9-31-20/h7-8,10,15,20H,5-6,9,11-13H2,1-4H3,(H,24,26,28)/t15-,20?/m1/s1. The number of anilines is 1. The second-order valence-electron chi connectivity index (χ2n) is 9.36. The van der Waals surface area contributed by atoms with Gasteiger partial charge in [-0.25, -0.2) is 0 Å². The number of hydrogen-bond acceptors (Lipinski definition) is 8. The SMILES string of the molecule is COc1ccc([C@@H]2CC(=O)N(CC(=O)Nc3nnc(C(C)(C)C)s3)C2)cc1OC1CCCO1. The van der Waals surface area contributed by atoms with E-state index in [-0.39, 0.29) is 36.0 Å². The van der Waals surface area contributed by atoms with Crippen molar-refractivity contribution in [2.24, 2.45) is 0 Å². The summed E-state index contributed by atoms with van der Waals surface area (Å²) in [7, 11) is 1.60. The summed E-state index contributed by atoms with van der Waals surface area (Å²) in [6.07, 6.45) is 1.87. The van der Waals surface area contributed by atoms with Crippen molar-refractivity contribution < 1.29 is 23.8 Å². The molecule has 3 heterocycles. The molecule has 0 aliphatic carbocycles. The van der Waals surface area contributed by atoms with E-state index >= 15 is 0 Å². The van der Waals surface area contributed by atoms with Gasteiger partial charge in [0.2, 0.25) is 16.9 Å². The van der Waals surface area contributed by atoms with Crippen LogP contribution in [0.5, 0.6) is 11.5 Å². The summed E-state index contributed by atoms with van der Waals surface area (Å²) < 4.78 is 17.0. The number of hydrogen-bond donors (Lipinski definition) is 1. The zero-order valence-electron chi connectivity index (χ0n) is 19.4. The Balaban J connectivity index is 1.38. The number of carbonyl (C=O) groups excluding carboxylic acids is 2. The molecule has 1 N–H and O–H groups in total. The zero-order chi connectivity index (χ0) is 23.6. The third kappa shape index (κ3) is 5.62. The molecule has 1 unspecified atom stereocenters. The van der Waals surface area contributed by atoms with Crippen molar-refractivity contribution in [3.63, 3.8) is 0 Å². The number of rotatable bonds is 7. The summed E-state index contributed by atoms with van der Waals surface area (Å²) in [6.45, 7) is 7.25. The van der Waals surface area contributed by atoms with Crippen molar-refractivity contribution >= 4 is 28.3 Å². The van der Waals surface area contributed by atoms with Crippen LogP contribution in [-0.2, 0) is 19.7 Å². The molecule has 2 fully saturated rings. The van der Waals surface area contributed by atoms with Crippen LogP contribution in [-0.4, -0.2) is 60.0 Å². The maximum absolute atomic E-state index is 12.6. The normalized spacial score (nSPS) is 20.8. The highest BCUT2D eigenvalue weighted by molar-refractivity contribution is 7.15. The molecule has 1 aromatic heterocycles. The number of nitrogens with zero attached hydrogens (tertiary/aromatic N) is 3. The van der Waals surface area contributed by atoms with Crippen LogP contribution in [0.2, 0.25) is 0 Å². The molecular weight excluding hydrogens is 444 g/mol. The van der Waals surface area contributed by atoms with Crippen molar-refractivity contribution in [3.8, 4) is 11.5 Å². The van der Waals surface area contributed by atoms with E-state index in [9.17, 15) is 9.59 Å². The van der Waals surface area contributed by atoms with Crippen LogP contribution < -0.4 is 14.8 Å². The van der Waals surface area contributed by atoms with Crippen molar-refractivity contribution in [1.82, 2.24) is 15.1 Å². The largest absolute Gasteiger partial charge is 0.493 e. The monoisotopic (exact) mass is 474 g/mol. The minimum Gasteiger partial charge on any atom is -0.493 e. The number of likely N-dealkylation sites (tertiary alicyclic amines) is 1. The molecule has 0 saturated carbocycles. The summed E-state index contributed by atoms with van der Waals surface area (Å²) in [4.78, 5) is 26.7. The van der Waals surface area contributed by atoms with Crippen LogP contribution in [0.3, 0.4) is 0 Å². The number of benzene rings is 1. The highest BCUT2D eigenvalue weighted by atomic mass is 32.1. The Morgan fingerprint density at radius 3 is 2.79 bits per heavy atom. The summed E-state index contributed by atoms with van der Waals surface area (Å²) in [6, 6.07) is 5.71. The average Bonchev–Trinajstić information content (AvgIpc) is 3.50. The van der Waals surface area contributed by atoms with Gasteiger partial charge < -0.3 is 19.1 Å². The van der Waals surface area contributed by atoms with E-state index in [2.05, 4.69) is 15.5 Å². The Kier molecular flexibility index (Phi) is 6.85. The molecule has 2 amide bonds. The molecule has 10 heteroatoms. The average molecular weight is 475 g/mol. The summed E-state index contributed by atoms with van der Waals surface area (Å²) in [5.41, 5.74) is 0.836. The third-order valence-corrected chi connectivity index (χ3v) is 6.93. The second-order valence-corrected chi connectivity index (χ2v) is 10.3. The van der Waals surface area contributed by atoms with Crippen LogP contribution in [0.15, 0.2) is 18.2 Å². The van der Waals surface area contributed by atoms with E-state index in [0.29, 0.717) is 36.2 Å². The Labute approximate surface area is 197 Å². The fourth-order valence-corrected chi connectivity index (χ4v) is 4.70. The number of ether oxygens (including phenoxy) is 3. The second kappa shape index (κ2) is 9.64. The molecule has 2 atom stereocenters. The fourth-order valence-electron chi connectivity index (χ4n) is 3.88. The van der Waals surface area contributed by atoms with Gasteiger partial charge in [0, 0.05) is 30.7 Å². The van der Waals surface area contributed by atoms with Gasteiger partial charge in [0.15, 0.2) is 17.8 Å². The number of carbonyl (C=O) groups is 2. The number of aromatic nitrogens is 2. The summed E-state index contributed by atoms with van der Waals surface area (Å²) >= 11 is 1.35. The number of nitrogens with one attached hydrogen (secondary N) is 1. The van der Waals surface area contributed by atoms with Gasteiger partial charge in [-0.15, -0.1) is 10.2 Å². The molecule has 0 radical (unpaired) electrons. The summed E-state index contributed by atoms with van der Waals surface area (Å²) in [5.74, 6) is 0.869. The fraction of sp³-hybridized carbons (Fsp3) is 0.565. The van der Waals surface area contributed by atoms with Crippen molar-refractivity contribution in [2.45, 2.75) is 57.7 Å². The van der Waals surface area contributed by atoms with Gasteiger partial charge in [0.1, 0.15) is 5.01 Å². The quantitative estimate of drug-likeness (QED) is 0.657. The van der Waals surface area contributed by atoms with E-state index in [0.717, 1.165) is 23.4 Å². The van der Waals surface area contributed by atoms with E-state index in [1.54, 1.807) is 12.0 Å². The maximum Gasteiger partial charge on any atom is 0.245 e. The highest BCUT2D eigenvalue weighted by Crippen LogP contribution is 2.36. The van der Waals surface area contributed by atoms with E-state index in [1.807, 2.05) is 39.0 Å². The Morgan fingerprint density at radius 1 is 1.30 bits per heavy atom. The Morgan fingerprint density at radius 2 is 2.12 bits per heavy atom. The van der Waals surface area contributed by atoms with Crippen molar-refractivity contribution in [1.29, 1.82) is 0 Å². The van der Waals surface area contributed by atoms with Crippen LogP contribution in [0, 0.1) is 0 Å². The summed E-state index contributed by atoms with van der Waals surface area (Å²) in [5, 5.41) is 12.2. The molecule has 4 rings (SSSR count). The van der Waals surface area contributed by atoms with Crippen LogP contribution in [0.25, 0.3) is 0 Å². The molecule has 178 valence electrons. The van der Waals surface area contributed by atoms with Gasteiger partial charge in [-0.2, -0.15) is 0 Å². The molecule has 1 aromatic carbocycles. The number of amides is 2. The molecule has 2 aromatic rings. The van der Waals surface area contributed by atoms with Gasteiger partial charge in [-0.1, -0.05) is 38.2 Å². The van der Waals surface area contributed by atoms with E-state index < -0.39 is 0 Å². The smallest absolute Gasteiger partial charge is 0.245 e. The van der Waals surface area contributed by atoms with Crippen molar-refractivity contribution in [3.05, 3.63) is 28.8 Å². The first kappa shape index (κ1) is 23.4. The Hall–Kier alpha value is -2.72. The first-order valence-electron chi connectivity index (χ1n) is 11.1. The van der Waals surface area contributed by atoms with Gasteiger partial charge in [0.25, 0.3) is 0 Å². The molecule has 9 nitrogen and oxygen atoms in total. The molecule has 2 aliphatic heterocycles. The zero-order valence-corrected chi connectivity index (χ0v) is 20.2. The lowest BCUT2D eigenvalue weighted by Crippen LogP contribution is -2.34. The first-order chi connectivity index (χ1) is 15.7. The van der Waals surface area contributed by atoms with Crippen LogP contribution in [0.1, 0.15) is 56.5 Å². The van der Waals surface area contributed by atoms with E-state index in [1.165, 1.54) is 11.3 Å². The maximum atomic E-state index is 12.6. The van der Waals surface area contributed by atoms with Gasteiger partial charge in [-0.05, 0) is 24.1 Å². The van der Waals surface area contributed by atoms with Crippen LogP contribution in [0.4, 0.5) is 5.13 Å². The minimum absolute atomic E-state index is 0.0187. The minimum atomic E-state index is -0.280. The van der Waals surface area contributed by atoms with Crippen LogP contribution >= 0.6 is 11.3 Å². The molecule has 2 aliphatic rings. The molecule has 2 saturated heterocycles.